The molecule has 234 valence electrons. The smallest absolute Gasteiger partial charge is 0.164 e. The lowest BCUT2D eigenvalue weighted by atomic mass is 9.99. The van der Waals surface area contributed by atoms with Gasteiger partial charge in [-0.05, 0) is 58.7 Å². The van der Waals surface area contributed by atoms with Crippen molar-refractivity contribution in [2.45, 2.75) is 0 Å². The normalized spacial score (nSPS) is 11.6. The molecule has 0 fully saturated rings. The van der Waals surface area contributed by atoms with Crippen molar-refractivity contribution in [2.75, 3.05) is 0 Å². The Morgan fingerprint density at radius 1 is 0.280 bits per heavy atom. The summed E-state index contributed by atoms with van der Waals surface area (Å²) in [5.74, 6) is 1.87. The minimum atomic E-state index is 0.612. The van der Waals surface area contributed by atoms with Crippen molar-refractivity contribution < 1.29 is 8.83 Å². The zero-order valence-electron chi connectivity index (χ0n) is 26.7. The first kappa shape index (κ1) is 28.2. The van der Waals surface area contributed by atoms with Crippen molar-refractivity contribution in [3.05, 3.63) is 164 Å². The molecule has 3 heterocycles. The van der Waals surface area contributed by atoms with E-state index in [0.29, 0.717) is 17.5 Å². The molecular formula is C45H27N3O2. The number of hydrogen-bond donors (Lipinski definition) is 0. The fourth-order valence-electron chi connectivity index (χ4n) is 6.90. The number of fused-ring (bicyclic) bond motifs is 6. The third kappa shape index (κ3) is 4.75. The van der Waals surface area contributed by atoms with Gasteiger partial charge in [-0.2, -0.15) is 0 Å². The maximum Gasteiger partial charge on any atom is 0.164 e. The Kier molecular flexibility index (Phi) is 6.42. The molecule has 7 aromatic carbocycles. The molecule has 5 nitrogen and oxygen atoms in total. The van der Waals surface area contributed by atoms with E-state index in [1.165, 1.54) is 0 Å². The van der Waals surface area contributed by atoms with E-state index in [1.807, 2.05) is 66.7 Å². The average molecular weight is 642 g/mol. The Morgan fingerprint density at radius 2 is 0.800 bits per heavy atom. The highest BCUT2D eigenvalue weighted by Crippen LogP contribution is 2.39. The van der Waals surface area contributed by atoms with E-state index in [9.17, 15) is 0 Å². The lowest BCUT2D eigenvalue weighted by Crippen LogP contribution is -2.01. The van der Waals surface area contributed by atoms with Crippen LogP contribution in [0, 0.1) is 0 Å². The molecule has 0 atom stereocenters. The summed E-state index contributed by atoms with van der Waals surface area (Å²) >= 11 is 0. The van der Waals surface area contributed by atoms with Crippen molar-refractivity contribution >= 4 is 43.9 Å². The van der Waals surface area contributed by atoms with Gasteiger partial charge >= 0.3 is 0 Å². The molecule has 10 aromatic rings. The topological polar surface area (TPSA) is 65.0 Å². The molecule has 10 rings (SSSR count). The van der Waals surface area contributed by atoms with Crippen molar-refractivity contribution in [3.63, 3.8) is 0 Å². The largest absolute Gasteiger partial charge is 0.456 e. The number of benzene rings is 7. The fourth-order valence-corrected chi connectivity index (χ4v) is 6.90. The summed E-state index contributed by atoms with van der Waals surface area (Å²) in [4.78, 5) is 15.1. The molecule has 0 amide bonds. The third-order valence-electron chi connectivity index (χ3n) is 9.34. The number of nitrogens with zero attached hydrogens (tertiary/aromatic N) is 3. The van der Waals surface area contributed by atoms with Crippen LogP contribution in [-0.2, 0) is 0 Å². The summed E-state index contributed by atoms with van der Waals surface area (Å²) in [6.45, 7) is 0. The monoisotopic (exact) mass is 641 g/mol. The van der Waals surface area contributed by atoms with Crippen LogP contribution in [0.15, 0.2) is 173 Å². The van der Waals surface area contributed by atoms with Crippen LogP contribution in [0.3, 0.4) is 0 Å². The number of para-hydroxylation sites is 1. The molecule has 0 bridgehead atoms. The van der Waals surface area contributed by atoms with Crippen LogP contribution in [0.1, 0.15) is 0 Å². The van der Waals surface area contributed by atoms with Crippen LogP contribution in [0.25, 0.3) is 100 Å². The van der Waals surface area contributed by atoms with E-state index in [0.717, 1.165) is 82.8 Å². The summed E-state index contributed by atoms with van der Waals surface area (Å²) < 4.78 is 12.6. The van der Waals surface area contributed by atoms with Gasteiger partial charge in [-0.15, -0.1) is 0 Å². The molecule has 0 unspecified atom stereocenters. The van der Waals surface area contributed by atoms with Crippen LogP contribution in [0.2, 0.25) is 0 Å². The summed E-state index contributed by atoms with van der Waals surface area (Å²) in [6.07, 6.45) is 0. The molecule has 0 radical (unpaired) electrons. The number of rotatable bonds is 5. The van der Waals surface area contributed by atoms with Gasteiger partial charge in [-0.1, -0.05) is 127 Å². The maximum atomic E-state index is 6.35. The molecule has 0 aliphatic rings. The minimum Gasteiger partial charge on any atom is -0.456 e. The molecule has 0 aliphatic carbocycles. The highest BCUT2D eigenvalue weighted by atomic mass is 16.3. The van der Waals surface area contributed by atoms with Gasteiger partial charge in [0.15, 0.2) is 17.5 Å². The standard InChI is InChI=1S/C45H27N3O2/c1-3-12-28(13-4-1)33-18-7-8-20-35(33)45-47-43(29-14-5-2-6-15-29)46-44(48-45)32-17-11-16-30(24-32)31-22-23-40-36(25-31)38-27-41-37(26-42(38)50-40)34-19-9-10-21-39(34)49-41/h1-27H. The van der Waals surface area contributed by atoms with Gasteiger partial charge in [0, 0.05) is 38.2 Å². The Labute approximate surface area is 287 Å². The lowest BCUT2D eigenvalue weighted by Gasteiger charge is -2.12. The predicted molar refractivity (Wildman–Crippen MR) is 202 cm³/mol. The van der Waals surface area contributed by atoms with E-state index in [-0.39, 0.29) is 0 Å². The molecule has 0 saturated carbocycles. The van der Waals surface area contributed by atoms with Gasteiger partial charge in [0.25, 0.3) is 0 Å². The van der Waals surface area contributed by atoms with E-state index in [4.69, 9.17) is 23.8 Å². The SMILES string of the molecule is c1ccc(-c2nc(-c3cccc(-c4ccc5oc6cc7c(cc6c5c4)oc4ccccc47)c3)nc(-c3ccccc3-c3ccccc3)n2)cc1. The van der Waals surface area contributed by atoms with Crippen molar-refractivity contribution in [1.82, 2.24) is 15.0 Å². The molecule has 3 aromatic heterocycles. The molecular weight excluding hydrogens is 615 g/mol. The first-order chi connectivity index (χ1) is 24.7. The first-order valence-electron chi connectivity index (χ1n) is 16.6. The van der Waals surface area contributed by atoms with Crippen LogP contribution < -0.4 is 0 Å². The van der Waals surface area contributed by atoms with Gasteiger partial charge in [0.05, 0.1) is 0 Å². The summed E-state index contributed by atoms with van der Waals surface area (Å²) in [5, 5.41) is 4.20. The highest BCUT2D eigenvalue weighted by molar-refractivity contribution is 6.15. The van der Waals surface area contributed by atoms with Crippen molar-refractivity contribution in [3.8, 4) is 56.4 Å². The molecule has 5 heteroatoms. The van der Waals surface area contributed by atoms with Crippen LogP contribution in [0.5, 0.6) is 0 Å². The maximum absolute atomic E-state index is 6.35. The quantitative estimate of drug-likeness (QED) is 0.187. The van der Waals surface area contributed by atoms with Crippen LogP contribution in [-0.4, -0.2) is 15.0 Å². The Hall–Kier alpha value is -6.85. The summed E-state index contributed by atoms with van der Waals surface area (Å²) in [6, 6.07) is 55.8. The minimum absolute atomic E-state index is 0.612. The summed E-state index contributed by atoms with van der Waals surface area (Å²) in [7, 11) is 0. The van der Waals surface area contributed by atoms with Gasteiger partial charge in [0.1, 0.15) is 22.3 Å². The van der Waals surface area contributed by atoms with Crippen molar-refractivity contribution in [1.29, 1.82) is 0 Å². The predicted octanol–water partition coefficient (Wildman–Crippen LogP) is 12.0. The molecule has 0 saturated heterocycles. The van der Waals surface area contributed by atoms with Gasteiger partial charge in [0.2, 0.25) is 0 Å². The van der Waals surface area contributed by atoms with E-state index in [2.05, 4.69) is 97.1 Å². The van der Waals surface area contributed by atoms with Gasteiger partial charge in [-0.3, -0.25) is 0 Å². The number of aromatic nitrogens is 3. The zero-order chi connectivity index (χ0) is 33.0. The van der Waals surface area contributed by atoms with E-state index in [1.54, 1.807) is 0 Å². The lowest BCUT2D eigenvalue weighted by molar-refractivity contribution is 0.664. The third-order valence-corrected chi connectivity index (χ3v) is 9.34. The summed E-state index contributed by atoms with van der Waals surface area (Å²) in [5.41, 5.74) is 10.5. The molecule has 50 heavy (non-hydrogen) atoms. The fraction of sp³-hybridized carbons (Fsp3) is 0. The average Bonchev–Trinajstić information content (AvgIpc) is 3.74. The van der Waals surface area contributed by atoms with E-state index < -0.39 is 0 Å². The van der Waals surface area contributed by atoms with Gasteiger partial charge in [-0.25, -0.2) is 15.0 Å². The number of hydrogen-bond acceptors (Lipinski definition) is 5. The van der Waals surface area contributed by atoms with Crippen LogP contribution in [0.4, 0.5) is 0 Å². The second kappa shape index (κ2) is 11.4. The second-order valence-corrected chi connectivity index (χ2v) is 12.4. The molecule has 0 N–H and O–H groups in total. The van der Waals surface area contributed by atoms with Crippen molar-refractivity contribution in [2.24, 2.45) is 0 Å². The first-order valence-corrected chi connectivity index (χ1v) is 16.6. The molecule has 0 spiro atoms. The van der Waals surface area contributed by atoms with Crippen LogP contribution >= 0.6 is 0 Å². The Balaban J connectivity index is 1.10. The Bertz CT molecular complexity index is 2870. The molecule has 0 aliphatic heterocycles. The van der Waals surface area contributed by atoms with E-state index >= 15 is 0 Å². The van der Waals surface area contributed by atoms with Gasteiger partial charge < -0.3 is 8.83 Å². The number of furan rings is 2. The Morgan fingerprint density at radius 3 is 1.58 bits per heavy atom. The second-order valence-electron chi connectivity index (χ2n) is 12.4. The zero-order valence-corrected chi connectivity index (χ0v) is 26.7. The highest BCUT2D eigenvalue weighted by Gasteiger charge is 2.17.